The number of likely N-dealkylation sites (tertiary alicyclic amines) is 1. The molecule has 0 aromatic carbocycles. The molecule has 17 heavy (non-hydrogen) atoms. The summed E-state index contributed by atoms with van der Waals surface area (Å²) in [7, 11) is 0. The molecule has 1 amide bonds. The number of aliphatic carboxylic acids is 1. The van der Waals surface area contributed by atoms with Gasteiger partial charge in [-0.15, -0.1) is 0 Å². The molecule has 5 heteroatoms. The van der Waals surface area contributed by atoms with Crippen molar-refractivity contribution in [2.24, 2.45) is 11.3 Å². The van der Waals surface area contributed by atoms with Crippen molar-refractivity contribution in [3.05, 3.63) is 0 Å². The Kier molecular flexibility index (Phi) is 4.14. The van der Waals surface area contributed by atoms with E-state index in [4.69, 9.17) is 5.11 Å². The van der Waals surface area contributed by atoms with Gasteiger partial charge in [-0.3, -0.25) is 9.59 Å². The summed E-state index contributed by atoms with van der Waals surface area (Å²) >= 11 is 0. The molecule has 0 bridgehead atoms. The van der Waals surface area contributed by atoms with Crippen LogP contribution < -0.4 is 0 Å². The van der Waals surface area contributed by atoms with Crippen LogP contribution in [0.2, 0.25) is 0 Å². The van der Waals surface area contributed by atoms with Crippen LogP contribution in [-0.2, 0) is 9.59 Å². The van der Waals surface area contributed by atoms with Gasteiger partial charge in [-0.25, -0.2) is 0 Å². The molecular formula is C12H21NO4. The molecule has 1 fully saturated rings. The first-order valence-electron chi connectivity index (χ1n) is 5.93. The summed E-state index contributed by atoms with van der Waals surface area (Å²) in [5.41, 5.74) is -1.05. The summed E-state index contributed by atoms with van der Waals surface area (Å²) in [6.45, 7) is 5.95. The molecule has 1 saturated heterocycles. The summed E-state index contributed by atoms with van der Waals surface area (Å²) in [4.78, 5) is 24.4. The Morgan fingerprint density at radius 3 is 2.47 bits per heavy atom. The Balaban J connectivity index is 2.57. The van der Waals surface area contributed by atoms with E-state index in [9.17, 15) is 14.7 Å². The number of amides is 1. The highest BCUT2D eigenvalue weighted by Crippen LogP contribution is 2.24. The van der Waals surface area contributed by atoms with E-state index in [0.29, 0.717) is 13.1 Å². The van der Waals surface area contributed by atoms with Crippen molar-refractivity contribution in [1.82, 2.24) is 4.90 Å². The van der Waals surface area contributed by atoms with Crippen molar-refractivity contribution in [1.29, 1.82) is 0 Å². The van der Waals surface area contributed by atoms with Gasteiger partial charge in [-0.2, -0.15) is 0 Å². The number of nitrogens with zero attached hydrogens (tertiary/aromatic N) is 1. The van der Waals surface area contributed by atoms with Crippen molar-refractivity contribution in [3.8, 4) is 0 Å². The van der Waals surface area contributed by atoms with Crippen LogP contribution in [-0.4, -0.2) is 46.2 Å². The summed E-state index contributed by atoms with van der Waals surface area (Å²) in [5, 5.41) is 18.7. The van der Waals surface area contributed by atoms with Crippen LogP contribution in [0.3, 0.4) is 0 Å². The third kappa shape index (κ3) is 3.43. The molecule has 98 valence electrons. The maximum atomic E-state index is 11.9. The van der Waals surface area contributed by atoms with Gasteiger partial charge in [0, 0.05) is 19.5 Å². The van der Waals surface area contributed by atoms with Crippen molar-refractivity contribution >= 4 is 11.9 Å². The minimum absolute atomic E-state index is 0.0244. The number of rotatable bonds is 3. The molecule has 1 rings (SSSR count). The highest BCUT2D eigenvalue weighted by molar-refractivity contribution is 5.84. The molecule has 0 aromatic rings. The predicted octanol–water partition coefficient (Wildman–Crippen LogP) is 0.717. The molecule has 0 saturated carbocycles. The first-order valence-corrected chi connectivity index (χ1v) is 5.93. The third-order valence-corrected chi connectivity index (χ3v) is 3.44. The molecule has 0 aliphatic carbocycles. The molecule has 0 radical (unpaired) electrons. The average Bonchev–Trinajstić information content (AvgIpc) is 2.21. The van der Waals surface area contributed by atoms with Gasteiger partial charge in [-0.05, 0) is 26.2 Å². The summed E-state index contributed by atoms with van der Waals surface area (Å²) in [5.74, 6) is -0.966. The minimum atomic E-state index is -1.05. The van der Waals surface area contributed by atoms with Gasteiger partial charge >= 0.3 is 5.97 Å². The van der Waals surface area contributed by atoms with Crippen LogP contribution in [0.25, 0.3) is 0 Å². The number of β-amino-alcohol motifs (C(OH)–C–C–N with tert-alkyl or cyclic N) is 1. The Bertz CT molecular complexity index is 314. The van der Waals surface area contributed by atoms with Crippen LogP contribution in [0.5, 0.6) is 0 Å². The van der Waals surface area contributed by atoms with Crippen LogP contribution >= 0.6 is 0 Å². The zero-order valence-electron chi connectivity index (χ0n) is 10.6. The van der Waals surface area contributed by atoms with E-state index in [1.807, 2.05) is 6.92 Å². The van der Waals surface area contributed by atoms with Crippen molar-refractivity contribution in [2.75, 3.05) is 13.1 Å². The molecule has 1 aliphatic rings. The minimum Gasteiger partial charge on any atom is -0.481 e. The summed E-state index contributed by atoms with van der Waals surface area (Å²) in [6.07, 6.45) is 0.241. The Labute approximate surface area is 101 Å². The SMILES string of the molecule is CC1CCN(C(=O)CC(C)(C)C(=O)O)CC1O. The Hall–Kier alpha value is -1.10. The fraction of sp³-hybridized carbons (Fsp3) is 0.833. The van der Waals surface area contributed by atoms with E-state index < -0.39 is 17.5 Å². The molecule has 0 spiro atoms. The molecule has 0 aromatic heterocycles. The number of carboxylic acid groups (broad SMARTS) is 1. The smallest absolute Gasteiger partial charge is 0.309 e. The average molecular weight is 243 g/mol. The van der Waals surface area contributed by atoms with E-state index in [1.54, 1.807) is 4.90 Å². The highest BCUT2D eigenvalue weighted by atomic mass is 16.4. The first kappa shape index (κ1) is 14.0. The van der Waals surface area contributed by atoms with Gasteiger partial charge in [0.05, 0.1) is 11.5 Å². The summed E-state index contributed by atoms with van der Waals surface area (Å²) in [6, 6.07) is 0. The lowest BCUT2D eigenvalue weighted by Gasteiger charge is -2.35. The fourth-order valence-corrected chi connectivity index (χ4v) is 1.84. The van der Waals surface area contributed by atoms with E-state index in [2.05, 4.69) is 0 Å². The number of hydrogen-bond donors (Lipinski definition) is 2. The fourth-order valence-electron chi connectivity index (χ4n) is 1.84. The second kappa shape index (κ2) is 5.04. The Morgan fingerprint density at radius 1 is 1.41 bits per heavy atom. The Morgan fingerprint density at radius 2 is 2.00 bits per heavy atom. The molecule has 1 heterocycles. The lowest BCUT2D eigenvalue weighted by molar-refractivity contribution is -0.152. The van der Waals surface area contributed by atoms with Crippen molar-refractivity contribution < 1.29 is 19.8 Å². The van der Waals surface area contributed by atoms with Gasteiger partial charge in [0.15, 0.2) is 0 Å². The highest BCUT2D eigenvalue weighted by Gasteiger charge is 2.34. The van der Waals surface area contributed by atoms with E-state index in [1.165, 1.54) is 13.8 Å². The number of piperidine rings is 1. The lowest BCUT2D eigenvalue weighted by atomic mass is 9.88. The predicted molar refractivity (Wildman–Crippen MR) is 62.4 cm³/mol. The maximum absolute atomic E-state index is 11.9. The monoisotopic (exact) mass is 243 g/mol. The lowest BCUT2D eigenvalue weighted by Crippen LogP contribution is -2.47. The number of carbonyl (C=O) groups excluding carboxylic acids is 1. The number of aliphatic hydroxyl groups is 1. The van der Waals surface area contributed by atoms with Crippen LogP contribution in [0.1, 0.15) is 33.6 Å². The van der Waals surface area contributed by atoms with E-state index in [-0.39, 0.29) is 18.2 Å². The van der Waals surface area contributed by atoms with Crippen LogP contribution in [0, 0.1) is 11.3 Å². The molecule has 2 atom stereocenters. The van der Waals surface area contributed by atoms with Crippen molar-refractivity contribution in [3.63, 3.8) is 0 Å². The first-order chi connectivity index (χ1) is 7.74. The number of carbonyl (C=O) groups is 2. The largest absolute Gasteiger partial charge is 0.481 e. The second-order valence-corrected chi connectivity index (χ2v) is 5.54. The topological polar surface area (TPSA) is 77.8 Å². The second-order valence-electron chi connectivity index (χ2n) is 5.54. The standard InChI is InChI=1S/C12H21NO4/c1-8-4-5-13(7-9(8)14)10(15)6-12(2,3)11(16)17/h8-9,14H,4-7H2,1-3H3,(H,16,17). The number of hydrogen-bond acceptors (Lipinski definition) is 3. The zero-order valence-corrected chi connectivity index (χ0v) is 10.6. The van der Waals surface area contributed by atoms with Crippen LogP contribution in [0.15, 0.2) is 0 Å². The molecule has 2 N–H and O–H groups in total. The third-order valence-electron chi connectivity index (χ3n) is 3.44. The van der Waals surface area contributed by atoms with Gasteiger partial charge in [0.2, 0.25) is 5.91 Å². The van der Waals surface area contributed by atoms with E-state index >= 15 is 0 Å². The van der Waals surface area contributed by atoms with Gasteiger partial charge in [0.1, 0.15) is 0 Å². The zero-order chi connectivity index (χ0) is 13.2. The molecular weight excluding hydrogens is 222 g/mol. The van der Waals surface area contributed by atoms with E-state index in [0.717, 1.165) is 6.42 Å². The van der Waals surface area contributed by atoms with Gasteiger partial charge in [-0.1, -0.05) is 6.92 Å². The van der Waals surface area contributed by atoms with Crippen molar-refractivity contribution in [2.45, 2.75) is 39.7 Å². The molecule has 2 unspecified atom stereocenters. The quantitative estimate of drug-likeness (QED) is 0.765. The van der Waals surface area contributed by atoms with Gasteiger partial charge < -0.3 is 15.1 Å². The normalized spacial score (nSPS) is 25.8. The van der Waals surface area contributed by atoms with Crippen LogP contribution in [0.4, 0.5) is 0 Å². The number of carboxylic acids is 1. The molecule has 1 aliphatic heterocycles. The molecule has 5 nitrogen and oxygen atoms in total. The maximum Gasteiger partial charge on any atom is 0.309 e. The number of aliphatic hydroxyl groups excluding tert-OH is 1. The summed E-state index contributed by atoms with van der Waals surface area (Å²) < 4.78 is 0. The van der Waals surface area contributed by atoms with Gasteiger partial charge in [0.25, 0.3) is 0 Å².